The summed E-state index contributed by atoms with van der Waals surface area (Å²) in [6.07, 6.45) is 1.32. The average molecular weight is 315 g/mol. The van der Waals surface area contributed by atoms with Gasteiger partial charge in [0, 0.05) is 31.9 Å². The summed E-state index contributed by atoms with van der Waals surface area (Å²) in [5.74, 6) is -0.140. The maximum atomic E-state index is 12.8. The molecular formula is C18H25N3O2. The highest BCUT2D eigenvalue weighted by molar-refractivity contribution is 6.13. The van der Waals surface area contributed by atoms with E-state index in [4.69, 9.17) is 0 Å². The lowest BCUT2D eigenvalue weighted by molar-refractivity contribution is -0.143. The molecule has 2 amide bonds. The SMILES string of the molecule is Cc1cc(C)cc(NC(=O)C2(C(=O)N3CCN(C)CC3)CC2)c1. The molecule has 0 radical (unpaired) electrons. The normalized spacial score (nSPS) is 20.2. The maximum Gasteiger partial charge on any atom is 0.240 e. The van der Waals surface area contributed by atoms with Crippen LogP contribution >= 0.6 is 0 Å². The third kappa shape index (κ3) is 3.24. The fourth-order valence-electron chi connectivity index (χ4n) is 3.27. The van der Waals surface area contributed by atoms with Gasteiger partial charge in [0.2, 0.25) is 11.8 Å². The van der Waals surface area contributed by atoms with Crippen LogP contribution in [0.5, 0.6) is 0 Å². The van der Waals surface area contributed by atoms with Crippen molar-refractivity contribution in [2.75, 3.05) is 38.5 Å². The first-order valence-electron chi connectivity index (χ1n) is 8.28. The summed E-state index contributed by atoms with van der Waals surface area (Å²) in [7, 11) is 2.06. The van der Waals surface area contributed by atoms with E-state index in [-0.39, 0.29) is 11.8 Å². The summed E-state index contributed by atoms with van der Waals surface area (Å²) >= 11 is 0. The lowest BCUT2D eigenvalue weighted by Crippen LogP contribution is -2.51. The fraction of sp³-hybridized carbons (Fsp3) is 0.556. The Hall–Kier alpha value is -1.88. The van der Waals surface area contributed by atoms with E-state index in [9.17, 15) is 9.59 Å². The zero-order valence-electron chi connectivity index (χ0n) is 14.2. The van der Waals surface area contributed by atoms with Gasteiger partial charge in [0.25, 0.3) is 0 Å². The fourth-order valence-corrected chi connectivity index (χ4v) is 3.27. The Bertz CT molecular complexity index is 609. The van der Waals surface area contributed by atoms with Crippen molar-refractivity contribution in [3.8, 4) is 0 Å². The number of carbonyl (C=O) groups is 2. The molecule has 23 heavy (non-hydrogen) atoms. The second-order valence-corrected chi connectivity index (χ2v) is 7.01. The minimum absolute atomic E-state index is 0.00692. The summed E-state index contributed by atoms with van der Waals surface area (Å²) in [5, 5.41) is 2.96. The van der Waals surface area contributed by atoms with Gasteiger partial charge in [0.15, 0.2) is 0 Å². The van der Waals surface area contributed by atoms with Crippen LogP contribution < -0.4 is 5.32 Å². The van der Waals surface area contributed by atoms with E-state index < -0.39 is 5.41 Å². The first kappa shape index (κ1) is 16.0. The molecule has 1 aromatic rings. The van der Waals surface area contributed by atoms with Gasteiger partial charge in [-0.1, -0.05) is 6.07 Å². The zero-order chi connectivity index (χ0) is 16.6. The Kier molecular flexibility index (Phi) is 4.15. The lowest BCUT2D eigenvalue weighted by atomic mass is 10.0. The van der Waals surface area contributed by atoms with Crippen molar-refractivity contribution in [2.24, 2.45) is 5.41 Å². The van der Waals surface area contributed by atoms with Crippen molar-refractivity contribution in [1.82, 2.24) is 9.80 Å². The monoisotopic (exact) mass is 315 g/mol. The van der Waals surface area contributed by atoms with E-state index in [1.165, 1.54) is 0 Å². The smallest absolute Gasteiger partial charge is 0.240 e. The van der Waals surface area contributed by atoms with Crippen molar-refractivity contribution in [3.05, 3.63) is 29.3 Å². The van der Waals surface area contributed by atoms with E-state index in [0.29, 0.717) is 25.9 Å². The number of hydrogen-bond donors (Lipinski definition) is 1. The van der Waals surface area contributed by atoms with E-state index in [1.807, 2.05) is 30.9 Å². The molecule has 1 aliphatic heterocycles. The minimum atomic E-state index is -0.826. The molecule has 0 bridgehead atoms. The molecule has 2 aliphatic rings. The van der Waals surface area contributed by atoms with Crippen LogP contribution in [0.15, 0.2) is 18.2 Å². The number of piperazine rings is 1. The quantitative estimate of drug-likeness (QED) is 0.865. The Morgan fingerprint density at radius 1 is 1.00 bits per heavy atom. The van der Waals surface area contributed by atoms with Gasteiger partial charge in [0.1, 0.15) is 5.41 Å². The van der Waals surface area contributed by atoms with Crippen molar-refractivity contribution in [1.29, 1.82) is 0 Å². The predicted octanol–water partition coefficient (Wildman–Crippen LogP) is 1.80. The van der Waals surface area contributed by atoms with Crippen molar-refractivity contribution < 1.29 is 9.59 Å². The molecule has 5 nitrogen and oxygen atoms in total. The van der Waals surface area contributed by atoms with Crippen molar-refractivity contribution in [2.45, 2.75) is 26.7 Å². The minimum Gasteiger partial charge on any atom is -0.339 e. The highest BCUT2D eigenvalue weighted by Crippen LogP contribution is 2.48. The molecule has 1 saturated heterocycles. The van der Waals surface area contributed by atoms with Gasteiger partial charge in [-0.05, 0) is 57.0 Å². The van der Waals surface area contributed by atoms with E-state index in [2.05, 4.69) is 23.3 Å². The van der Waals surface area contributed by atoms with Crippen LogP contribution in [-0.4, -0.2) is 54.8 Å². The summed E-state index contributed by atoms with van der Waals surface area (Å²) in [4.78, 5) is 29.6. The molecule has 5 heteroatoms. The number of nitrogens with one attached hydrogen (secondary N) is 1. The van der Waals surface area contributed by atoms with Gasteiger partial charge in [-0.3, -0.25) is 9.59 Å². The number of rotatable bonds is 3. The molecule has 0 unspecified atom stereocenters. The molecule has 0 atom stereocenters. The predicted molar refractivity (Wildman–Crippen MR) is 90.3 cm³/mol. The highest BCUT2D eigenvalue weighted by atomic mass is 16.2. The van der Waals surface area contributed by atoms with Gasteiger partial charge in [-0.25, -0.2) is 0 Å². The Morgan fingerprint density at radius 2 is 1.57 bits per heavy atom. The number of carbonyl (C=O) groups excluding carboxylic acids is 2. The Morgan fingerprint density at radius 3 is 2.09 bits per heavy atom. The number of nitrogens with zero attached hydrogens (tertiary/aromatic N) is 2. The molecule has 0 spiro atoms. The van der Waals surface area contributed by atoms with Crippen LogP contribution in [0.4, 0.5) is 5.69 Å². The number of aryl methyl sites for hydroxylation is 2. The average Bonchev–Trinajstić information content (AvgIpc) is 3.28. The van der Waals surface area contributed by atoms with Gasteiger partial charge in [0.05, 0.1) is 0 Å². The Labute approximate surface area is 137 Å². The molecule has 3 rings (SSSR count). The summed E-state index contributed by atoms with van der Waals surface area (Å²) < 4.78 is 0. The largest absolute Gasteiger partial charge is 0.339 e. The number of amides is 2. The molecule has 124 valence electrons. The number of benzene rings is 1. The first-order chi connectivity index (χ1) is 10.9. The maximum absolute atomic E-state index is 12.8. The second kappa shape index (κ2) is 5.96. The van der Waals surface area contributed by atoms with E-state index in [0.717, 1.165) is 29.9 Å². The number of likely N-dealkylation sites (N-methyl/N-ethyl adjacent to an activating group) is 1. The number of anilines is 1. The third-order valence-corrected chi connectivity index (χ3v) is 4.86. The summed E-state index contributed by atoms with van der Waals surface area (Å²) in [6.45, 7) is 7.19. The standard InChI is InChI=1S/C18H25N3O2/c1-13-10-14(2)12-15(11-13)19-16(22)18(4-5-18)17(23)21-8-6-20(3)7-9-21/h10-12H,4-9H2,1-3H3,(H,19,22). The molecule has 1 saturated carbocycles. The van der Waals surface area contributed by atoms with Gasteiger partial charge < -0.3 is 15.1 Å². The zero-order valence-corrected chi connectivity index (χ0v) is 14.2. The molecule has 1 aliphatic carbocycles. The molecule has 1 N–H and O–H groups in total. The van der Waals surface area contributed by atoms with E-state index in [1.54, 1.807) is 0 Å². The molecule has 0 aromatic heterocycles. The Balaban J connectivity index is 1.69. The van der Waals surface area contributed by atoms with Crippen molar-refractivity contribution >= 4 is 17.5 Å². The van der Waals surface area contributed by atoms with E-state index >= 15 is 0 Å². The van der Waals surface area contributed by atoms with Gasteiger partial charge in [-0.2, -0.15) is 0 Å². The van der Waals surface area contributed by atoms with Crippen LogP contribution in [0.1, 0.15) is 24.0 Å². The summed E-state index contributed by atoms with van der Waals surface area (Å²) in [5.41, 5.74) is 2.17. The second-order valence-electron chi connectivity index (χ2n) is 7.01. The highest BCUT2D eigenvalue weighted by Gasteiger charge is 2.58. The molecule has 2 fully saturated rings. The lowest BCUT2D eigenvalue weighted by Gasteiger charge is -2.34. The topological polar surface area (TPSA) is 52.7 Å². The third-order valence-electron chi connectivity index (χ3n) is 4.86. The van der Waals surface area contributed by atoms with Crippen LogP contribution in [0, 0.1) is 19.3 Å². The van der Waals surface area contributed by atoms with Crippen LogP contribution in [0.25, 0.3) is 0 Å². The van der Waals surface area contributed by atoms with Crippen molar-refractivity contribution in [3.63, 3.8) is 0 Å². The van der Waals surface area contributed by atoms with Crippen LogP contribution in [0.2, 0.25) is 0 Å². The van der Waals surface area contributed by atoms with Crippen LogP contribution in [0.3, 0.4) is 0 Å². The molecular weight excluding hydrogens is 290 g/mol. The number of hydrogen-bond acceptors (Lipinski definition) is 3. The van der Waals surface area contributed by atoms with Crippen LogP contribution in [-0.2, 0) is 9.59 Å². The van der Waals surface area contributed by atoms with Gasteiger partial charge >= 0.3 is 0 Å². The molecule has 1 aromatic carbocycles. The molecule has 1 heterocycles. The van der Waals surface area contributed by atoms with Gasteiger partial charge in [-0.15, -0.1) is 0 Å². The first-order valence-corrected chi connectivity index (χ1v) is 8.28. The summed E-state index contributed by atoms with van der Waals surface area (Å²) in [6, 6.07) is 5.96.